The van der Waals surface area contributed by atoms with E-state index in [-0.39, 0.29) is 11.7 Å². The predicted octanol–water partition coefficient (Wildman–Crippen LogP) is 1.92. The van der Waals surface area contributed by atoms with Gasteiger partial charge in [0.2, 0.25) is 5.91 Å². The molecule has 0 saturated heterocycles. The first-order valence-electron chi connectivity index (χ1n) is 4.57. The van der Waals surface area contributed by atoms with E-state index in [1.54, 1.807) is 13.0 Å². The van der Waals surface area contributed by atoms with Crippen LogP contribution in [0.1, 0.15) is 41.3 Å². The number of nitrogens with two attached hydrogens (primary N) is 1. The average Bonchev–Trinajstić information content (AvgIpc) is 2.02. The lowest BCUT2D eigenvalue weighted by Gasteiger charge is -2.14. The Labute approximate surface area is 83.6 Å². The summed E-state index contributed by atoms with van der Waals surface area (Å²) in [6.45, 7) is 5.73. The van der Waals surface area contributed by atoms with Gasteiger partial charge in [0.25, 0.3) is 0 Å². The van der Waals surface area contributed by atoms with E-state index in [9.17, 15) is 9.90 Å². The minimum Gasteiger partial charge on any atom is -0.508 e. The molecule has 0 unspecified atom stereocenters. The van der Waals surface area contributed by atoms with E-state index in [0.29, 0.717) is 5.56 Å². The molecule has 0 saturated carbocycles. The van der Waals surface area contributed by atoms with Crippen LogP contribution in [-0.4, -0.2) is 11.0 Å². The highest BCUT2D eigenvalue weighted by Crippen LogP contribution is 2.30. The monoisotopic (exact) mass is 193 g/mol. The fourth-order valence-electron chi connectivity index (χ4n) is 1.71. The van der Waals surface area contributed by atoms with Gasteiger partial charge in [-0.05, 0) is 30.5 Å². The van der Waals surface area contributed by atoms with Crippen molar-refractivity contribution in [3.63, 3.8) is 0 Å². The van der Waals surface area contributed by atoms with Crippen LogP contribution in [0.2, 0.25) is 0 Å². The second kappa shape index (κ2) is 3.70. The Bertz CT molecular complexity index is 370. The minimum absolute atomic E-state index is 0.175. The lowest BCUT2D eigenvalue weighted by molar-refractivity contribution is 0.0999. The van der Waals surface area contributed by atoms with E-state index in [0.717, 1.165) is 11.1 Å². The summed E-state index contributed by atoms with van der Waals surface area (Å²) in [5, 5.41) is 9.62. The fourth-order valence-corrected chi connectivity index (χ4v) is 1.71. The molecule has 0 radical (unpaired) electrons. The summed E-state index contributed by atoms with van der Waals surface area (Å²) in [4.78, 5) is 11.0. The number of carbonyl (C=O) groups is 1. The maximum absolute atomic E-state index is 11.0. The summed E-state index contributed by atoms with van der Waals surface area (Å²) in [6, 6.07) is 3.07. The zero-order valence-electron chi connectivity index (χ0n) is 8.66. The van der Waals surface area contributed by atoms with Crippen molar-refractivity contribution in [2.45, 2.75) is 26.7 Å². The normalized spacial score (nSPS) is 10.6. The highest BCUT2D eigenvalue weighted by atomic mass is 16.3. The van der Waals surface area contributed by atoms with Crippen molar-refractivity contribution in [3.05, 3.63) is 28.8 Å². The van der Waals surface area contributed by atoms with Crippen LogP contribution in [0, 0.1) is 6.92 Å². The Morgan fingerprint density at radius 3 is 2.43 bits per heavy atom. The fraction of sp³-hybridized carbons (Fsp3) is 0.364. The van der Waals surface area contributed by atoms with Crippen molar-refractivity contribution in [1.82, 2.24) is 0 Å². The maximum Gasteiger partial charge on any atom is 0.248 e. The molecule has 3 N–H and O–H groups in total. The molecule has 1 aromatic rings. The largest absolute Gasteiger partial charge is 0.508 e. The van der Waals surface area contributed by atoms with Gasteiger partial charge in [0.1, 0.15) is 5.75 Å². The Morgan fingerprint density at radius 1 is 1.43 bits per heavy atom. The first kappa shape index (κ1) is 10.6. The van der Waals surface area contributed by atoms with Gasteiger partial charge in [0, 0.05) is 11.1 Å². The first-order chi connectivity index (χ1) is 6.45. The molecular weight excluding hydrogens is 178 g/mol. The number of hydrogen-bond acceptors (Lipinski definition) is 2. The summed E-state index contributed by atoms with van der Waals surface area (Å²) in [5.74, 6) is -0.0544. The number of phenolic OH excluding ortho intramolecular Hbond substituents is 1. The number of aromatic hydroxyl groups is 1. The molecule has 1 amide bonds. The van der Waals surface area contributed by atoms with Crippen molar-refractivity contribution >= 4 is 5.91 Å². The third-order valence-electron chi connectivity index (χ3n) is 2.33. The van der Waals surface area contributed by atoms with Crippen molar-refractivity contribution in [2.75, 3.05) is 0 Å². The molecule has 1 aromatic carbocycles. The van der Waals surface area contributed by atoms with Crippen LogP contribution in [0.3, 0.4) is 0 Å². The second-order valence-electron chi connectivity index (χ2n) is 3.69. The van der Waals surface area contributed by atoms with Crippen LogP contribution in [-0.2, 0) is 0 Å². The average molecular weight is 193 g/mol. The van der Waals surface area contributed by atoms with Gasteiger partial charge >= 0.3 is 0 Å². The summed E-state index contributed by atoms with van der Waals surface area (Å²) >= 11 is 0. The lowest BCUT2D eigenvalue weighted by atomic mass is 9.93. The van der Waals surface area contributed by atoms with Gasteiger partial charge in [-0.25, -0.2) is 0 Å². The highest BCUT2D eigenvalue weighted by molar-refractivity contribution is 5.94. The van der Waals surface area contributed by atoms with Gasteiger partial charge in [0.05, 0.1) is 0 Å². The maximum atomic E-state index is 11.0. The Hall–Kier alpha value is -1.51. The molecule has 0 spiro atoms. The molecule has 0 aliphatic carbocycles. The van der Waals surface area contributed by atoms with Gasteiger partial charge < -0.3 is 10.8 Å². The molecule has 76 valence electrons. The number of rotatable bonds is 2. The van der Waals surface area contributed by atoms with Crippen molar-refractivity contribution in [2.24, 2.45) is 5.73 Å². The van der Waals surface area contributed by atoms with Crippen LogP contribution in [0.15, 0.2) is 12.1 Å². The van der Waals surface area contributed by atoms with Gasteiger partial charge in [-0.3, -0.25) is 4.79 Å². The molecule has 3 nitrogen and oxygen atoms in total. The number of phenols is 1. The summed E-state index contributed by atoms with van der Waals surface area (Å²) < 4.78 is 0. The first-order valence-corrected chi connectivity index (χ1v) is 4.57. The second-order valence-corrected chi connectivity index (χ2v) is 3.69. The minimum atomic E-state index is -0.454. The van der Waals surface area contributed by atoms with E-state index in [1.807, 2.05) is 13.8 Å². The van der Waals surface area contributed by atoms with E-state index in [4.69, 9.17) is 5.73 Å². The summed E-state index contributed by atoms with van der Waals surface area (Å²) in [7, 11) is 0. The molecule has 1 rings (SSSR count). The van der Waals surface area contributed by atoms with Crippen molar-refractivity contribution < 1.29 is 9.90 Å². The number of carbonyl (C=O) groups excluding carboxylic acids is 1. The third-order valence-corrected chi connectivity index (χ3v) is 2.33. The number of primary amides is 1. The van der Waals surface area contributed by atoms with Crippen LogP contribution in [0.5, 0.6) is 5.75 Å². The quantitative estimate of drug-likeness (QED) is 0.753. The Morgan fingerprint density at radius 2 is 2.00 bits per heavy atom. The van der Waals surface area contributed by atoms with Crippen LogP contribution < -0.4 is 5.73 Å². The molecule has 0 aromatic heterocycles. The molecule has 0 atom stereocenters. The predicted molar refractivity (Wildman–Crippen MR) is 55.5 cm³/mol. The summed E-state index contributed by atoms with van der Waals surface area (Å²) in [5.41, 5.74) is 7.26. The van der Waals surface area contributed by atoms with Crippen LogP contribution in [0.25, 0.3) is 0 Å². The van der Waals surface area contributed by atoms with Gasteiger partial charge in [-0.15, -0.1) is 0 Å². The smallest absolute Gasteiger partial charge is 0.248 e. The topological polar surface area (TPSA) is 63.3 Å². The lowest BCUT2D eigenvalue weighted by Crippen LogP contribution is -2.14. The van der Waals surface area contributed by atoms with Gasteiger partial charge in [-0.2, -0.15) is 0 Å². The zero-order chi connectivity index (χ0) is 10.9. The van der Waals surface area contributed by atoms with Gasteiger partial charge in [0.15, 0.2) is 0 Å². The zero-order valence-corrected chi connectivity index (χ0v) is 8.66. The molecule has 14 heavy (non-hydrogen) atoms. The van der Waals surface area contributed by atoms with E-state index >= 15 is 0 Å². The number of benzene rings is 1. The Kier molecular flexibility index (Phi) is 2.79. The summed E-state index contributed by atoms with van der Waals surface area (Å²) in [6.07, 6.45) is 0. The molecule has 0 aliphatic rings. The molecule has 3 heteroatoms. The van der Waals surface area contributed by atoms with Crippen molar-refractivity contribution in [3.8, 4) is 5.75 Å². The van der Waals surface area contributed by atoms with E-state index < -0.39 is 5.91 Å². The van der Waals surface area contributed by atoms with Gasteiger partial charge in [-0.1, -0.05) is 13.8 Å². The Balaban J connectivity index is 3.41. The third kappa shape index (κ3) is 1.71. The number of hydrogen-bond donors (Lipinski definition) is 2. The highest BCUT2D eigenvalue weighted by Gasteiger charge is 2.14. The SMILES string of the molecule is Cc1c(C(N)=O)ccc(O)c1C(C)C. The van der Waals surface area contributed by atoms with E-state index in [2.05, 4.69) is 0 Å². The molecule has 0 bridgehead atoms. The van der Waals surface area contributed by atoms with E-state index in [1.165, 1.54) is 6.07 Å². The van der Waals surface area contributed by atoms with Crippen molar-refractivity contribution in [1.29, 1.82) is 0 Å². The molecule has 0 fully saturated rings. The standard InChI is InChI=1S/C11H15NO2/c1-6(2)10-7(3)8(11(12)14)4-5-9(10)13/h4-6,13H,1-3H3,(H2,12,14). The number of amides is 1. The molecular formula is C11H15NO2. The van der Waals surface area contributed by atoms with Crippen LogP contribution >= 0.6 is 0 Å². The molecule has 0 aliphatic heterocycles. The van der Waals surface area contributed by atoms with Crippen LogP contribution in [0.4, 0.5) is 0 Å². The molecule has 0 heterocycles.